The third kappa shape index (κ3) is 2.46. The van der Waals surface area contributed by atoms with E-state index in [0.29, 0.717) is 0 Å². The minimum Gasteiger partial charge on any atom is -0.367 e. The highest BCUT2D eigenvalue weighted by Gasteiger charge is 2.14. The van der Waals surface area contributed by atoms with Crippen LogP contribution in [0.4, 0.5) is 5.82 Å². The van der Waals surface area contributed by atoms with Crippen LogP contribution in [0.5, 0.6) is 0 Å². The summed E-state index contributed by atoms with van der Waals surface area (Å²) in [6.45, 7) is 6.77. The molecule has 0 fully saturated rings. The molecule has 0 saturated carbocycles. The predicted molar refractivity (Wildman–Crippen MR) is 81.2 cm³/mol. The van der Waals surface area contributed by atoms with Crippen LogP contribution in [0.3, 0.4) is 0 Å². The smallest absolute Gasteiger partial charge is 0.163 e. The molecule has 0 aromatic carbocycles. The average molecular weight is 285 g/mol. The number of imidazole rings is 1. The molecular formula is C14H19N7. The van der Waals surface area contributed by atoms with Gasteiger partial charge < -0.3 is 9.88 Å². The van der Waals surface area contributed by atoms with Gasteiger partial charge in [-0.2, -0.15) is 5.10 Å². The summed E-state index contributed by atoms with van der Waals surface area (Å²) in [5, 5.41) is 8.83. The van der Waals surface area contributed by atoms with Crippen molar-refractivity contribution in [3.8, 4) is 0 Å². The van der Waals surface area contributed by atoms with E-state index < -0.39 is 0 Å². The first kappa shape index (κ1) is 13.5. The number of hydrogen-bond donors (Lipinski definition) is 1. The zero-order valence-electron chi connectivity index (χ0n) is 12.7. The van der Waals surface area contributed by atoms with Crippen LogP contribution in [0.25, 0.3) is 11.0 Å². The van der Waals surface area contributed by atoms with Gasteiger partial charge in [0.1, 0.15) is 11.6 Å². The molecule has 0 bridgehead atoms. The molecule has 21 heavy (non-hydrogen) atoms. The van der Waals surface area contributed by atoms with E-state index in [2.05, 4.69) is 36.9 Å². The van der Waals surface area contributed by atoms with Crippen LogP contribution < -0.4 is 5.32 Å². The van der Waals surface area contributed by atoms with E-state index in [-0.39, 0.29) is 6.04 Å². The molecule has 3 aromatic rings. The van der Waals surface area contributed by atoms with Crippen LogP contribution in [-0.2, 0) is 7.05 Å². The minimum atomic E-state index is 0.287. The molecular weight excluding hydrogens is 266 g/mol. The van der Waals surface area contributed by atoms with Crippen LogP contribution in [0, 0.1) is 13.8 Å². The molecule has 1 N–H and O–H groups in total. The van der Waals surface area contributed by atoms with Gasteiger partial charge in [0.05, 0.1) is 17.4 Å². The fourth-order valence-electron chi connectivity index (χ4n) is 2.46. The maximum absolute atomic E-state index is 4.53. The molecule has 110 valence electrons. The Morgan fingerprint density at radius 1 is 1.29 bits per heavy atom. The van der Waals surface area contributed by atoms with Crippen molar-refractivity contribution in [2.75, 3.05) is 11.9 Å². The molecule has 0 unspecified atom stereocenters. The summed E-state index contributed by atoms with van der Waals surface area (Å²) in [5.41, 5.74) is 1.79. The number of nitrogens with zero attached hydrogens (tertiary/aromatic N) is 6. The molecule has 7 heteroatoms. The Bertz CT molecular complexity index is 757. The van der Waals surface area contributed by atoms with Crippen LogP contribution in [0.15, 0.2) is 18.7 Å². The average Bonchev–Trinajstić information content (AvgIpc) is 3.05. The van der Waals surface area contributed by atoms with Crippen LogP contribution in [0.1, 0.15) is 24.5 Å². The maximum atomic E-state index is 4.53. The first-order valence-corrected chi connectivity index (χ1v) is 6.95. The highest BCUT2D eigenvalue weighted by molar-refractivity contribution is 5.89. The van der Waals surface area contributed by atoms with Crippen molar-refractivity contribution in [3.05, 3.63) is 30.2 Å². The molecule has 1 atom stereocenters. The summed E-state index contributed by atoms with van der Waals surface area (Å²) >= 11 is 0. The summed E-state index contributed by atoms with van der Waals surface area (Å²) in [4.78, 5) is 13.1. The molecule has 0 amide bonds. The number of fused-ring (bicyclic) bond motifs is 1. The molecule has 3 rings (SSSR count). The number of anilines is 1. The highest BCUT2D eigenvalue weighted by atomic mass is 15.3. The number of nitrogens with one attached hydrogen (secondary N) is 1. The standard InChI is InChI=1S/C14H19N7/c1-9(21-6-5-15-8-21)7-16-13-12-10(2)19-20(4)14(12)18-11(3)17-13/h5-6,8-9H,7H2,1-4H3,(H,16,17,18)/t9-/m1/s1. The van der Waals surface area contributed by atoms with Gasteiger partial charge in [0.25, 0.3) is 0 Å². The Hall–Kier alpha value is -2.44. The molecule has 3 heterocycles. The number of aromatic nitrogens is 6. The molecule has 0 radical (unpaired) electrons. The van der Waals surface area contributed by atoms with Crippen molar-refractivity contribution in [1.29, 1.82) is 0 Å². The Balaban J connectivity index is 1.90. The van der Waals surface area contributed by atoms with E-state index in [9.17, 15) is 0 Å². The zero-order valence-corrected chi connectivity index (χ0v) is 12.7. The Morgan fingerprint density at radius 3 is 2.81 bits per heavy atom. The summed E-state index contributed by atoms with van der Waals surface area (Å²) in [7, 11) is 1.90. The van der Waals surface area contributed by atoms with Crippen molar-refractivity contribution >= 4 is 16.9 Å². The summed E-state index contributed by atoms with van der Waals surface area (Å²) in [5.74, 6) is 1.58. The zero-order chi connectivity index (χ0) is 15.0. The number of rotatable bonds is 4. The summed E-state index contributed by atoms with van der Waals surface area (Å²) in [6.07, 6.45) is 5.57. The van der Waals surface area contributed by atoms with Crippen molar-refractivity contribution in [1.82, 2.24) is 29.3 Å². The maximum Gasteiger partial charge on any atom is 0.163 e. The quantitative estimate of drug-likeness (QED) is 0.792. The van der Waals surface area contributed by atoms with E-state index in [1.54, 1.807) is 10.9 Å². The van der Waals surface area contributed by atoms with Crippen molar-refractivity contribution in [2.24, 2.45) is 7.05 Å². The van der Waals surface area contributed by atoms with Crippen LogP contribution >= 0.6 is 0 Å². The lowest BCUT2D eigenvalue weighted by Crippen LogP contribution is -2.16. The van der Waals surface area contributed by atoms with Crippen molar-refractivity contribution in [2.45, 2.75) is 26.8 Å². The second kappa shape index (κ2) is 5.16. The van der Waals surface area contributed by atoms with Crippen molar-refractivity contribution < 1.29 is 0 Å². The number of hydrogen-bond acceptors (Lipinski definition) is 5. The molecule has 0 aliphatic rings. The highest BCUT2D eigenvalue weighted by Crippen LogP contribution is 2.23. The fourth-order valence-corrected chi connectivity index (χ4v) is 2.46. The Kier molecular flexibility index (Phi) is 3.32. The SMILES string of the molecule is Cc1nc(NC[C@@H](C)n2ccnc2)c2c(C)nn(C)c2n1. The molecule has 0 saturated heterocycles. The van der Waals surface area contributed by atoms with Gasteiger partial charge >= 0.3 is 0 Å². The molecule has 0 aliphatic heterocycles. The molecule has 3 aromatic heterocycles. The third-order valence-electron chi connectivity index (χ3n) is 3.57. The molecule has 0 aliphatic carbocycles. The van der Waals surface area contributed by atoms with E-state index in [1.165, 1.54) is 0 Å². The van der Waals surface area contributed by atoms with Crippen LogP contribution in [0.2, 0.25) is 0 Å². The largest absolute Gasteiger partial charge is 0.367 e. The Labute approximate surface area is 123 Å². The van der Waals surface area contributed by atoms with Gasteiger partial charge in [-0.15, -0.1) is 0 Å². The van der Waals surface area contributed by atoms with E-state index in [1.807, 2.05) is 33.4 Å². The minimum absolute atomic E-state index is 0.287. The normalized spacial score (nSPS) is 12.8. The second-order valence-electron chi connectivity index (χ2n) is 5.27. The van der Waals surface area contributed by atoms with Gasteiger partial charge in [0, 0.05) is 32.0 Å². The van der Waals surface area contributed by atoms with Gasteiger partial charge in [-0.25, -0.2) is 15.0 Å². The van der Waals surface area contributed by atoms with Crippen LogP contribution in [-0.4, -0.2) is 35.8 Å². The summed E-state index contributed by atoms with van der Waals surface area (Å²) in [6, 6.07) is 0.287. The van der Waals surface area contributed by atoms with E-state index in [0.717, 1.165) is 34.9 Å². The van der Waals surface area contributed by atoms with Crippen molar-refractivity contribution in [3.63, 3.8) is 0 Å². The fraction of sp³-hybridized carbons (Fsp3) is 0.429. The first-order valence-electron chi connectivity index (χ1n) is 6.95. The summed E-state index contributed by atoms with van der Waals surface area (Å²) < 4.78 is 3.86. The lowest BCUT2D eigenvalue weighted by molar-refractivity contribution is 0.572. The third-order valence-corrected chi connectivity index (χ3v) is 3.57. The van der Waals surface area contributed by atoms with E-state index in [4.69, 9.17) is 0 Å². The van der Waals surface area contributed by atoms with Gasteiger partial charge in [-0.3, -0.25) is 4.68 Å². The Morgan fingerprint density at radius 2 is 2.10 bits per heavy atom. The lowest BCUT2D eigenvalue weighted by atomic mass is 10.2. The topological polar surface area (TPSA) is 73.5 Å². The molecule has 7 nitrogen and oxygen atoms in total. The number of aryl methyl sites for hydroxylation is 3. The van der Waals surface area contributed by atoms with Gasteiger partial charge in [0.2, 0.25) is 0 Å². The van der Waals surface area contributed by atoms with Gasteiger partial charge in [-0.1, -0.05) is 0 Å². The second-order valence-corrected chi connectivity index (χ2v) is 5.27. The first-order chi connectivity index (χ1) is 10.1. The monoisotopic (exact) mass is 285 g/mol. The predicted octanol–water partition coefficient (Wildman–Crippen LogP) is 1.85. The van der Waals surface area contributed by atoms with Gasteiger partial charge in [0.15, 0.2) is 5.65 Å². The van der Waals surface area contributed by atoms with Gasteiger partial charge in [-0.05, 0) is 20.8 Å². The lowest BCUT2D eigenvalue weighted by Gasteiger charge is -2.15. The molecule has 0 spiro atoms. The van der Waals surface area contributed by atoms with E-state index >= 15 is 0 Å².